The van der Waals surface area contributed by atoms with Crippen LogP contribution in [0.3, 0.4) is 0 Å². The molecule has 1 aliphatic heterocycles. The van der Waals surface area contributed by atoms with Gasteiger partial charge in [-0.15, -0.1) is 0 Å². The summed E-state index contributed by atoms with van der Waals surface area (Å²) in [6.07, 6.45) is 4.78. The number of H-pyrrole nitrogens is 1. The number of pyridine rings is 1. The lowest BCUT2D eigenvalue weighted by molar-refractivity contribution is -0.577. The molecule has 0 unspecified atom stereocenters. The van der Waals surface area contributed by atoms with Gasteiger partial charge in [-0.25, -0.2) is 4.68 Å². The number of hydrogen-bond donors (Lipinski definition) is 1. The van der Waals surface area contributed by atoms with Crippen LogP contribution in [0.25, 0.3) is 17.0 Å². The molecular weight excluding hydrogens is 475 g/mol. The molecule has 3 heterocycles. The maximum Gasteiger partial charge on any atom is 0.327 e. The minimum absolute atomic E-state index is 0.0878. The Morgan fingerprint density at radius 1 is 0.941 bits per heavy atom. The molecule has 0 fully saturated rings. The molecule has 1 aromatic carbocycles. The van der Waals surface area contributed by atoms with Crippen molar-refractivity contribution in [2.75, 3.05) is 0 Å². The summed E-state index contributed by atoms with van der Waals surface area (Å²) >= 11 is 12.2. The maximum absolute atomic E-state index is 13.7. The zero-order valence-electron chi connectivity index (χ0n) is 19.4. The Bertz CT molecular complexity index is 1380. The summed E-state index contributed by atoms with van der Waals surface area (Å²) in [6.45, 7) is 7.45. The first-order valence-corrected chi connectivity index (χ1v) is 11.9. The van der Waals surface area contributed by atoms with Crippen molar-refractivity contribution < 1.29 is 14.2 Å². The third-order valence-electron chi connectivity index (χ3n) is 5.90. The number of benzene rings is 1. The quantitative estimate of drug-likeness (QED) is 0.410. The number of hydrogen-bond acceptors (Lipinski definition) is 3. The number of halogens is 2. The number of amides is 2. The number of imide groups is 1. The van der Waals surface area contributed by atoms with Crippen LogP contribution in [-0.4, -0.2) is 32.5 Å². The highest BCUT2D eigenvalue weighted by Gasteiger charge is 2.48. The molecule has 0 spiro atoms. The van der Waals surface area contributed by atoms with Crippen molar-refractivity contribution in [2.24, 2.45) is 0 Å². The van der Waals surface area contributed by atoms with E-state index < -0.39 is 17.4 Å². The number of rotatable bonds is 6. The molecule has 1 aliphatic rings. The molecule has 1 N–H and O–H groups in total. The van der Waals surface area contributed by atoms with Crippen molar-refractivity contribution in [1.29, 1.82) is 0 Å². The summed E-state index contributed by atoms with van der Waals surface area (Å²) in [5, 5.41) is 3.75. The van der Waals surface area contributed by atoms with Crippen LogP contribution < -0.4 is 10.1 Å². The molecule has 0 atom stereocenters. The maximum atomic E-state index is 13.7. The molecule has 0 aliphatic carbocycles. The number of aryl methyl sites for hydroxylation is 2. The molecule has 7 nitrogen and oxygen atoms in total. The van der Waals surface area contributed by atoms with E-state index in [0.717, 1.165) is 12.0 Å². The lowest BCUT2D eigenvalue weighted by atomic mass is 10.0. The van der Waals surface area contributed by atoms with Gasteiger partial charge in [0.05, 0.1) is 21.3 Å². The third-order valence-corrected chi connectivity index (χ3v) is 6.64. The second kappa shape index (κ2) is 9.24. The highest BCUT2D eigenvalue weighted by Crippen LogP contribution is 2.32. The molecule has 34 heavy (non-hydrogen) atoms. The standard InChI is InChI=1S/C25H24Cl2N4O3/c1-5-15-9-11-29(12-10-15)22-21(23(32)30(14(3)4)25(22)34)20-19(6-2)28-31(24(20)33)16-7-8-17(26)18(27)13-16/h7-14H,5-6H2,1-4H3/p+1. The normalized spacial score (nSPS) is 14.1. The first kappa shape index (κ1) is 24.0. The number of nitrogens with one attached hydrogen (secondary N) is 1. The fourth-order valence-corrected chi connectivity index (χ4v) is 4.41. The van der Waals surface area contributed by atoms with E-state index in [-0.39, 0.29) is 22.9 Å². The van der Waals surface area contributed by atoms with Gasteiger partial charge in [0.15, 0.2) is 12.4 Å². The van der Waals surface area contributed by atoms with Crippen LogP contribution >= 0.6 is 23.2 Å². The highest BCUT2D eigenvalue weighted by molar-refractivity contribution is 6.44. The zero-order valence-corrected chi connectivity index (χ0v) is 20.9. The van der Waals surface area contributed by atoms with Gasteiger partial charge in [-0.05, 0) is 50.5 Å². The van der Waals surface area contributed by atoms with Crippen molar-refractivity contribution in [2.45, 2.75) is 46.6 Å². The summed E-state index contributed by atoms with van der Waals surface area (Å²) in [4.78, 5) is 41.9. The van der Waals surface area contributed by atoms with Crippen LogP contribution in [0.15, 0.2) is 47.5 Å². The molecule has 2 aromatic heterocycles. The Balaban J connectivity index is 2.00. The number of carbonyl (C=O) groups excluding carboxylic acids is 2. The van der Waals surface area contributed by atoms with Gasteiger partial charge in [0, 0.05) is 23.9 Å². The molecule has 3 aromatic rings. The van der Waals surface area contributed by atoms with E-state index in [1.54, 1.807) is 49.0 Å². The Labute approximate surface area is 207 Å². The number of carbonyl (C=O) groups is 2. The molecule has 4 rings (SSSR count). The van der Waals surface area contributed by atoms with E-state index in [1.807, 2.05) is 26.0 Å². The van der Waals surface area contributed by atoms with Gasteiger partial charge >= 0.3 is 5.91 Å². The first-order chi connectivity index (χ1) is 16.2. The predicted octanol–water partition coefficient (Wildman–Crippen LogP) is 4.03. The van der Waals surface area contributed by atoms with Crippen LogP contribution in [0.1, 0.15) is 44.5 Å². The average molecular weight is 500 g/mol. The summed E-state index contributed by atoms with van der Waals surface area (Å²) in [5.41, 5.74) is 2.09. The molecule has 2 amide bonds. The predicted molar refractivity (Wildman–Crippen MR) is 132 cm³/mol. The molecule has 0 saturated carbocycles. The van der Waals surface area contributed by atoms with Gasteiger partial charge in [-0.2, -0.15) is 4.57 Å². The largest absolute Gasteiger partial charge is 0.327 e. The summed E-state index contributed by atoms with van der Waals surface area (Å²) in [5.74, 6) is -0.929. The van der Waals surface area contributed by atoms with Crippen molar-refractivity contribution in [1.82, 2.24) is 14.7 Å². The average Bonchev–Trinajstić information content (AvgIpc) is 3.27. The SMILES string of the molecule is CCc1cc[n+](C2=C(c3c(CC)[nH]n(-c4ccc(Cl)c(Cl)c4)c3=O)C(=O)N(C(C)C)C2=O)cc1. The fraction of sp³-hybridized carbons (Fsp3) is 0.280. The molecule has 9 heteroatoms. The lowest BCUT2D eigenvalue weighted by Crippen LogP contribution is -2.42. The second-order valence-corrected chi connectivity index (χ2v) is 9.14. The van der Waals surface area contributed by atoms with E-state index in [0.29, 0.717) is 27.8 Å². The fourth-order valence-electron chi connectivity index (χ4n) is 4.11. The Hall–Kier alpha value is -3.16. The third kappa shape index (κ3) is 3.89. The van der Waals surface area contributed by atoms with Gasteiger partial charge in [0.25, 0.3) is 17.2 Å². The van der Waals surface area contributed by atoms with E-state index >= 15 is 0 Å². The van der Waals surface area contributed by atoms with E-state index in [2.05, 4.69) is 5.10 Å². The molecule has 0 saturated heterocycles. The monoisotopic (exact) mass is 499 g/mol. The summed E-state index contributed by atoms with van der Waals surface area (Å²) in [7, 11) is 0. The van der Waals surface area contributed by atoms with E-state index in [9.17, 15) is 14.4 Å². The topological polar surface area (TPSA) is 79.1 Å². The van der Waals surface area contributed by atoms with Gasteiger partial charge in [-0.1, -0.05) is 37.0 Å². The Morgan fingerprint density at radius 2 is 1.62 bits per heavy atom. The van der Waals surface area contributed by atoms with Crippen molar-refractivity contribution in [3.8, 4) is 5.69 Å². The van der Waals surface area contributed by atoms with Gasteiger partial charge in [0.2, 0.25) is 0 Å². The summed E-state index contributed by atoms with van der Waals surface area (Å²) < 4.78 is 2.94. The highest BCUT2D eigenvalue weighted by atomic mass is 35.5. The van der Waals surface area contributed by atoms with Gasteiger partial charge in [0.1, 0.15) is 5.57 Å². The van der Waals surface area contributed by atoms with Crippen molar-refractivity contribution in [3.63, 3.8) is 0 Å². The van der Waals surface area contributed by atoms with E-state index in [1.165, 1.54) is 9.58 Å². The van der Waals surface area contributed by atoms with Crippen LogP contribution in [0.5, 0.6) is 0 Å². The zero-order chi connectivity index (χ0) is 24.7. The molecule has 176 valence electrons. The van der Waals surface area contributed by atoms with Crippen molar-refractivity contribution in [3.05, 3.63) is 79.9 Å². The van der Waals surface area contributed by atoms with Crippen LogP contribution in [-0.2, 0) is 22.4 Å². The van der Waals surface area contributed by atoms with E-state index in [4.69, 9.17) is 23.2 Å². The number of nitrogens with zero attached hydrogens (tertiary/aromatic N) is 3. The first-order valence-electron chi connectivity index (χ1n) is 11.1. The summed E-state index contributed by atoms with van der Waals surface area (Å²) in [6, 6.07) is 8.24. The Morgan fingerprint density at radius 3 is 2.18 bits per heavy atom. The van der Waals surface area contributed by atoms with Crippen molar-refractivity contribution >= 4 is 46.3 Å². The number of aromatic nitrogens is 3. The smallest absolute Gasteiger partial charge is 0.294 e. The Kier molecular flexibility index (Phi) is 6.51. The molecule has 0 radical (unpaired) electrons. The molecular formula is C25H25Cl2N4O3+. The number of aromatic amines is 1. The van der Waals surface area contributed by atoms with Crippen LogP contribution in [0.4, 0.5) is 0 Å². The van der Waals surface area contributed by atoms with Crippen LogP contribution in [0.2, 0.25) is 10.0 Å². The van der Waals surface area contributed by atoms with Gasteiger partial charge < -0.3 is 0 Å². The minimum Gasteiger partial charge on any atom is -0.294 e. The minimum atomic E-state index is -0.492. The lowest BCUT2D eigenvalue weighted by Gasteiger charge is -2.17. The second-order valence-electron chi connectivity index (χ2n) is 8.32. The van der Waals surface area contributed by atoms with Crippen LogP contribution in [0, 0.1) is 0 Å². The van der Waals surface area contributed by atoms with Gasteiger partial charge in [-0.3, -0.25) is 24.4 Å². The molecule has 0 bridgehead atoms.